The first-order valence-electron chi connectivity index (χ1n) is 5.95. The van der Waals surface area contributed by atoms with Crippen molar-refractivity contribution in [1.82, 2.24) is 4.98 Å². The molecule has 1 unspecified atom stereocenters. The Kier molecular flexibility index (Phi) is 3.57. The molecular weight excluding hydrogens is 214 g/mol. The Labute approximate surface area is 102 Å². The Bertz CT molecular complexity index is 451. The number of nitrogens with zero attached hydrogens (tertiary/aromatic N) is 1. The predicted octanol–water partition coefficient (Wildman–Crippen LogP) is 3.02. The van der Waals surface area contributed by atoms with E-state index in [1.54, 1.807) is 25.4 Å². The van der Waals surface area contributed by atoms with Crippen molar-refractivity contribution in [2.45, 2.75) is 26.2 Å². The minimum absolute atomic E-state index is 0.00866. The van der Waals surface area contributed by atoms with Crippen LogP contribution in [0.3, 0.4) is 0 Å². The first-order chi connectivity index (χ1) is 8.22. The van der Waals surface area contributed by atoms with Gasteiger partial charge < -0.3 is 4.74 Å². The zero-order chi connectivity index (χ0) is 12.3. The summed E-state index contributed by atoms with van der Waals surface area (Å²) in [5, 5.41) is 0. The third-order valence-corrected chi connectivity index (χ3v) is 3.17. The molecule has 0 fully saturated rings. The molecule has 0 radical (unpaired) electrons. The molecule has 1 heterocycles. The van der Waals surface area contributed by atoms with E-state index >= 15 is 0 Å². The number of rotatable bonds is 3. The predicted molar refractivity (Wildman–Crippen MR) is 66.2 cm³/mol. The molecule has 0 saturated heterocycles. The van der Waals surface area contributed by atoms with Crippen molar-refractivity contribution in [3.05, 3.63) is 35.7 Å². The highest BCUT2D eigenvalue weighted by atomic mass is 16.5. The number of ether oxygens (including phenoxy) is 1. The van der Waals surface area contributed by atoms with Crippen molar-refractivity contribution in [2.75, 3.05) is 7.11 Å². The summed E-state index contributed by atoms with van der Waals surface area (Å²) in [7, 11) is 1.56. The second-order valence-electron chi connectivity index (χ2n) is 4.49. The number of pyridine rings is 1. The number of methoxy groups -OCH3 is 1. The van der Waals surface area contributed by atoms with Crippen LogP contribution >= 0.6 is 0 Å². The van der Waals surface area contributed by atoms with Crippen LogP contribution in [0.2, 0.25) is 0 Å². The summed E-state index contributed by atoms with van der Waals surface area (Å²) >= 11 is 0. The third kappa shape index (κ3) is 2.54. The van der Waals surface area contributed by atoms with Crippen LogP contribution in [-0.2, 0) is 0 Å². The molecule has 0 N–H and O–H groups in total. The van der Waals surface area contributed by atoms with E-state index in [-0.39, 0.29) is 5.78 Å². The molecule has 1 atom stereocenters. The Morgan fingerprint density at radius 1 is 1.53 bits per heavy atom. The molecule has 0 spiro atoms. The fourth-order valence-corrected chi connectivity index (χ4v) is 2.05. The Morgan fingerprint density at radius 2 is 2.35 bits per heavy atom. The largest absolute Gasteiger partial charge is 0.494 e. The Morgan fingerprint density at radius 3 is 3.00 bits per heavy atom. The SMILES string of the molecule is COc1cccnc1C(=O)C1=CCC(C)CC1. The molecule has 17 heavy (non-hydrogen) atoms. The second-order valence-corrected chi connectivity index (χ2v) is 4.49. The van der Waals surface area contributed by atoms with Crippen molar-refractivity contribution in [3.8, 4) is 5.75 Å². The normalized spacial score (nSPS) is 19.6. The molecule has 3 nitrogen and oxygen atoms in total. The average molecular weight is 231 g/mol. The number of ketones is 1. The van der Waals surface area contributed by atoms with Crippen molar-refractivity contribution in [2.24, 2.45) is 5.92 Å². The number of aromatic nitrogens is 1. The van der Waals surface area contributed by atoms with E-state index in [4.69, 9.17) is 4.74 Å². The van der Waals surface area contributed by atoms with Crippen LogP contribution in [0.5, 0.6) is 5.75 Å². The molecule has 90 valence electrons. The van der Waals surface area contributed by atoms with Crippen LogP contribution in [0.4, 0.5) is 0 Å². The minimum atomic E-state index is 0.00866. The van der Waals surface area contributed by atoms with Gasteiger partial charge in [0, 0.05) is 6.20 Å². The maximum atomic E-state index is 12.3. The number of hydrogen-bond donors (Lipinski definition) is 0. The van der Waals surface area contributed by atoms with Crippen LogP contribution < -0.4 is 4.74 Å². The van der Waals surface area contributed by atoms with Crippen molar-refractivity contribution in [3.63, 3.8) is 0 Å². The highest BCUT2D eigenvalue weighted by molar-refractivity contribution is 6.09. The standard InChI is InChI=1S/C14H17NO2/c1-10-5-7-11(8-6-10)14(16)13-12(17-2)4-3-9-15-13/h3-4,7,9-10H,5-6,8H2,1-2H3. The molecule has 1 aliphatic rings. The number of Topliss-reactive ketones (excluding diaryl/α,β-unsaturated/α-hetero) is 1. The van der Waals surface area contributed by atoms with E-state index in [0.717, 1.165) is 24.8 Å². The van der Waals surface area contributed by atoms with Crippen molar-refractivity contribution in [1.29, 1.82) is 0 Å². The molecular formula is C14H17NO2. The van der Waals surface area contributed by atoms with Gasteiger partial charge in [-0.15, -0.1) is 0 Å². The van der Waals surface area contributed by atoms with Crippen molar-refractivity contribution >= 4 is 5.78 Å². The smallest absolute Gasteiger partial charge is 0.210 e. The summed E-state index contributed by atoms with van der Waals surface area (Å²) in [5.41, 5.74) is 1.30. The van der Waals surface area contributed by atoms with Crippen LogP contribution in [-0.4, -0.2) is 17.9 Å². The van der Waals surface area contributed by atoms with Gasteiger partial charge in [0.1, 0.15) is 5.75 Å². The maximum Gasteiger partial charge on any atom is 0.210 e. The van der Waals surface area contributed by atoms with Crippen LogP contribution in [0.15, 0.2) is 30.0 Å². The molecule has 1 aliphatic carbocycles. The molecule has 0 saturated carbocycles. The zero-order valence-corrected chi connectivity index (χ0v) is 10.3. The van der Waals surface area contributed by atoms with E-state index in [2.05, 4.69) is 11.9 Å². The van der Waals surface area contributed by atoms with Gasteiger partial charge in [-0.25, -0.2) is 4.98 Å². The number of allylic oxidation sites excluding steroid dienone is 2. The van der Waals surface area contributed by atoms with E-state index in [1.807, 2.05) is 6.08 Å². The number of hydrogen-bond acceptors (Lipinski definition) is 3. The molecule has 0 aromatic carbocycles. The zero-order valence-electron chi connectivity index (χ0n) is 10.3. The van der Waals surface area contributed by atoms with E-state index in [1.165, 1.54) is 0 Å². The molecule has 0 bridgehead atoms. The lowest BCUT2D eigenvalue weighted by Crippen LogP contribution is -2.12. The van der Waals surface area contributed by atoms with Crippen molar-refractivity contribution < 1.29 is 9.53 Å². The van der Waals surface area contributed by atoms with Crippen LogP contribution in [0, 0.1) is 5.92 Å². The first kappa shape index (κ1) is 11.8. The average Bonchev–Trinajstić information content (AvgIpc) is 2.39. The molecule has 2 rings (SSSR count). The fraction of sp³-hybridized carbons (Fsp3) is 0.429. The summed E-state index contributed by atoms with van der Waals surface area (Å²) in [5.74, 6) is 1.24. The van der Waals surface area contributed by atoms with Gasteiger partial charge in [-0.3, -0.25) is 4.79 Å². The van der Waals surface area contributed by atoms with Crippen LogP contribution in [0.25, 0.3) is 0 Å². The number of carbonyl (C=O) groups excluding carboxylic acids is 1. The second kappa shape index (κ2) is 5.13. The molecule has 1 aromatic rings. The molecule has 3 heteroatoms. The summed E-state index contributed by atoms with van der Waals surface area (Å²) < 4.78 is 5.17. The summed E-state index contributed by atoms with van der Waals surface area (Å²) in [4.78, 5) is 16.4. The lowest BCUT2D eigenvalue weighted by Gasteiger charge is -2.17. The Balaban J connectivity index is 2.25. The van der Waals surface area contributed by atoms with Gasteiger partial charge in [0.05, 0.1) is 7.11 Å². The van der Waals surface area contributed by atoms with Gasteiger partial charge >= 0.3 is 0 Å². The molecule has 0 amide bonds. The van der Waals surface area contributed by atoms with Gasteiger partial charge in [-0.1, -0.05) is 13.0 Å². The maximum absolute atomic E-state index is 12.3. The topological polar surface area (TPSA) is 39.2 Å². The lowest BCUT2D eigenvalue weighted by atomic mass is 9.88. The third-order valence-electron chi connectivity index (χ3n) is 3.17. The Hall–Kier alpha value is -1.64. The van der Waals surface area contributed by atoms with E-state index < -0.39 is 0 Å². The minimum Gasteiger partial charge on any atom is -0.494 e. The summed E-state index contributed by atoms with van der Waals surface area (Å²) in [6, 6.07) is 3.54. The van der Waals surface area contributed by atoms with E-state index in [0.29, 0.717) is 17.4 Å². The summed E-state index contributed by atoms with van der Waals surface area (Å²) in [6.07, 6.45) is 6.58. The van der Waals surface area contributed by atoms with Gasteiger partial charge in [-0.2, -0.15) is 0 Å². The highest BCUT2D eigenvalue weighted by Gasteiger charge is 2.21. The molecule has 0 aliphatic heterocycles. The monoisotopic (exact) mass is 231 g/mol. The number of carbonyl (C=O) groups is 1. The van der Waals surface area contributed by atoms with Gasteiger partial charge in [0.2, 0.25) is 5.78 Å². The van der Waals surface area contributed by atoms with Gasteiger partial charge in [0.25, 0.3) is 0 Å². The quantitative estimate of drug-likeness (QED) is 0.751. The fourth-order valence-electron chi connectivity index (χ4n) is 2.05. The van der Waals surface area contributed by atoms with Gasteiger partial charge in [-0.05, 0) is 42.9 Å². The lowest BCUT2D eigenvalue weighted by molar-refractivity contribution is 0.102. The van der Waals surface area contributed by atoms with E-state index in [9.17, 15) is 4.79 Å². The van der Waals surface area contributed by atoms with Crippen LogP contribution in [0.1, 0.15) is 36.7 Å². The highest BCUT2D eigenvalue weighted by Crippen LogP contribution is 2.27. The molecule has 1 aromatic heterocycles. The summed E-state index contributed by atoms with van der Waals surface area (Å²) in [6.45, 7) is 2.21. The van der Waals surface area contributed by atoms with Gasteiger partial charge in [0.15, 0.2) is 5.69 Å². The first-order valence-corrected chi connectivity index (χ1v) is 5.95.